The molecular formula is C26H29N3O3. The molecule has 1 aromatic heterocycles. The minimum atomic E-state index is -0.524. The molecule has 0 aliphatic heterocycles. The van der Waals surface area contributed by atoms with E-state index in [0.717, 1.165) is 18.4 Å². The van der Waals surface area contributed by atoms with Crippen LogP contribution in [0.2, 0.25) is 0 Å². The van der Waals surface area contributed by atoms with E-state index in [0.29, 0.717) is 36.3 Å². The van der Waals surface area contributed by atoms with Gasteiger partial charge < -0.3 is 15.2 Å². The number of hydrogen-bond donors (Lipinski definition) is 2. The molecular weight excluding hydrogens is 402 g/mol. The maximum Gasteiger partial charge on any atom is 0.256 e. The van der Waals surface area contributed by atoms with Crippen LogP contribution in [0.15, 0.2) is 59.7 Å². The maximum atomic E-state index is 13.0. The van der Waals surface area contributed by atoms with E-state index < -0.39 is 17.2 Å². The van der Waals surface area contributed by atoms with Crippen molar-refractivity contribution >= 4 is 11.8 Å². The number of rotatable bonds is 7. The highest BCUT2D eigenvalue weighted by atomic mass is 16.2. The van der Waals surface area contributed by atoms with E-state index in [2.05, 4.69) is 22.8 Å². The monoisotopic (exact) mass is 431 g/mol. The van der Waals surface area contributed by atoms with Crippen molar-refractivity contribution < 1.29 is 9.59 Å². The van der Waals surface area contributed by atoms with Gasteiger partial charge in [-0.3, -0.25) is 14.4 Å². The molecule has 1 spiro atoms. The van der Waals surface area contributed by atoms with Gasteiger partial charge in [0.15, 0.2) is 0 Å². The molecule has 2 N–H and O–H groups in total. The quantitative estimate of drug-likeness (QED) is 0.662. The number of carbonyl (C=O) groups excluding carboxylic acids is 2. The molecule has 5 rings (SSSR count). The molecule has 3 aliphatic carbocycles. The van der Waals surface area contributed by atoms with Crippen molar-refractivity contribution in [2.45, 2.75) is 32.2 Å². The highest BCUT2D eigenvalue weighted by Crippen LogP contribution is 2.69. The summed E-state index contributed by atoms with van der Waals surface area (Å²) in [6, 6.07) is 9.99. The molecule has 1 aromatic carbocycles. The molecule has 0 radical (unpaired) electrons. The molecule has 3 aliphatic rings. The number of nitrogens with zero attached hydrogens (tertiary/aromatic N) is 1. The van der Waals surface area contributed by atoms with Gasteiger partial charge in [-0.2, -0.15) is 0 Å². The second-order valence-corrected chi connectivity index (χ2v) is 9.42. The summed E-state index contributed by atoms with van der Waals surface area (Å²) in [6.45, 7) is 1.13. The highest BCUT2D eigenvalue weighted by molar-refractivity contribution is 5.99. The Hall–Kier alpha value is -3.15. The van der Waals surface area contributed by atoms with Gasteiger partial charge in [0.25, 0.3) is 11.8 Å². The van der Waals surface area contributed by atoms with Crippen LogP contribution in [0.1, 0.15) is 45.5 Å². The first-order valence-electron chi connectivity index (χ1n) is 11.5. The number of allylic oxidation sites excluding steroid dienone is 2. The molecule has 3 atom stereocenters. The summed E-state index contributed by atoms with van der Waals surface area (Å²) < 4.78 is 1.77. The Morgan fingerprint density at radius 1 is 1.06 bits per heavy atom. The topological polar surface area (TPSA) is 80.2 Å². The third kappa shape index (κ3) is 3.57. The first-order chi connectivity index (χ1) is 15.5. The minimum Gasteiger partial charge on any atom is -0.355 e. The Kier molecular flexibility index (Phi) is 5.24. The van der Waals surface area contributed by atoms with Crippen molar-refractivity contribution in [3.63, 3.8) is 0 Å². The first-order valence-corrected chi connectivity index (χ1v) is 11.5. The Balaban J connectivity index is 1.33. The zero-order valence-corrected chi connectivity index (χ0v) is 18.3. The van der Waals surface area contributed by atoms with Gasteiger partial charge in [0.05, 0.1) is 0 Å². The number of aryl methyl sites for hydroxylation is 2. The van der Waals surface area contributed by atoms with Gasteiger partial charge in [-0.25, -0.2) is 0 Å². The standard InChI is InChI=1S/C26H29N3O3/c1-27-24(31)20-15-29(12-9-17-5-3-2-4-6-17)16-21(23(20)30)25(32)28-14-18-13-19-7-8-22(18)26(19)10-11-26/h2-8,15-16,18-19,22H,9-14H2,1H3,(H,27,31)(H,28,32)/t18-,19-,22-/m1/s1. The van der Waals surface area contributed by atoms with Gasteiger partial charge in [0.1, 0.15) is 11.1 Å². The summed E-state index contributed by atoms with van der Waals surface area (Å²) in [5, 5.41) is 5.51. The molecule has 1 heterocycles. The lowest BCUT2D eigenvalue weighted by molar-refractivity contribution is 0.0942. The molecule has 6 nitrogen and oxygen atoms in total. The van der Waals surface area contributed by atoms with E-state index in [-0.39, 0.29) is 11.1 Å². The van der Waals surface area contributed by atoms with Crippen molar-refractivity contribution in [3.8, 4) is 0 Å². The summed E-state index contributed by atoms with van der Waals surface area (Å²) >= 11 is 0. The molecule has 32 heavy (non-hydrogen) atoms. The lowest BCUT2D eigenvalue weighted by atomic mass is 9.89. The van der Waals surface area contributed by atoms with Crippen LogP contribution in [0.4, 0.5) is 0 Å². The SMILES string of the molecule is CNC(=O)c1cn(CCc2ccccc2)cc(C(=O)NC[C@H]2C[C@H]3C=C[C@H]2C32CC2)c1=O. The minimum absolute atomic E-state index is 0.00648. The van der Waals surface area contributed by atoms with Crippen LogP contribution in [0.5, 0.6) is 0 Å². The van der Waals surface area contributed by atoms with E-state index >= 15 is 0 Å². The molecule has 166 valence electrons. The lowest BCUT2D eigenvalue weighted by Gasteiger charge is -2.20. The lowest BCUT2D eigenvalue weighted by Crippen LogP contribution is -2.37. The van der Waals surface area contributed by atoms with E-state index in [9.17, 15) is 14.4 Å². The van der Waals surface area contributed by atoms with Crippen LogP contribution in [-0.4, -0.2) is 30.0 Å². The summed E-state index contributed by atoms with van der Waals surface area (Å²) in [5.74, 6) is 0.755. The van der Waals surface area contributed by atoms with Crippen molar-refractivity contribution in [3.05, 3.63) is 81.8 Å². The molecule has 2 saturated carbocycles. The Morgan fingerprint density at radius 2 is 1.78 bits per heavy atom. The van der Waals surface area contributed by atoms with Gasteiger partial charge in [0.2, 0.25) is 5.43 Å². The van der Waals surface area contributed by atoms with E-state index in [1.807, 2.05) is 30.3 Å². The van der Waals surface area contributed by atoms with Gasteiger partial charge in [-0.1, -0.05) is 42.5 Å². The van der Waals surface area contributed by atoms with Gasteiger partial charge >= 0.3 is 0 Å². The van der Waals surface area contributed by atoms with Crippen LogP contribution in [0, 0.1) is 23.2 Å². The van der Waals surface area contributed by atoms with Crippen molar-refractivity contribution in [2.24, 2.45) is 23.2 Å². The van der Waals surface area contributed by atoms with Crippen LogP contribution < -0.4 is 16.1 Å². The number of carbonyl (C=O) groups is 2. The number of amides is 2. The fourth-order valence-electron chi connectivity index (χ4n) is 5.80. The largest absolute Gasteiger partial charge is 0.355 e. The van der Waals surface area contributed by atoms with Gasteiger partial charge in [-0.15, -0.1) is 0 Å². The van der Waals surface area contributed by atoms with E-state index in [1.165, 1.54) is 19.9 Å². The molecule has 0 saturated heterocycles. The number of benzene rings is 1. The summed E-state index contributed by atoms with van der Waals surface area (Å²) in [7, 11) is 1.49. The molecule has 2 fully saturated rings. The predicted molar refractivity (Wildman–Crippen MR) is 122 cm³/mol. The van der Waals surface area contributed by atoms with Gasteiger partial charge in [0, 0.05) is 32.5 Å². The highest BCUT2D eigenvalue weighted by Gasteiger charge is 2.62. The average molecular weight is 432 g/mol. The first kappa shape index (κ1) is 20.7. The zero-order valence-electron chi connectivity index (χ0n) is 18.3. The smallest absolute Gasteiger partial charge is 0.256 e. The van der Waals surface area contributed by atoms with Crippen LogP contribution in [0.25, 0.3) is 0 Å². The molecule has 2 aromatic rings. The molecule has 6 heteroatoms. The fraction of sp³-hybridized carbons (Fsp3) is 0.423. The molecule has 2 amide bonds. The Bertz CT molecular complexity index is 1130. The van der Waals surface area contributed by atoms with Crippen LogP contribution in [-0.2, 0) is 13.0 Å². The zero-order chi connectivity index (χ0) is 22.3. The summed E-state index contributed by atoms with van der Waals surface area (Å²) in [4.78, 5) is 38.3. The Morgan fingerprint density at radius 3 is 2.44 bits per heavy atom. The van der Waals surface area contributed by atoms with E-state index in [4.69, 9.17) is 0 Å². The van der Waals surface area contributed by atoms with Gasteiger partial charge in [-0.05, 0) is 54.4 Å². The third-order valence-corrected chi connectivity index (χ3v) is 7.67. The molecule has 2 bridgehead atoms. The summed E-state index contributed by atoms with van der Waals surface area (Å²) in [6.07, 6.45) is 12.2. The second-order valence-electron chi connectivity index (χ2n) is 9.42. The molecule has 0 unspecified atom stereocenters. The second kappa shape index (κ2) is 8.08. The van der Waals surface area contributed by atoms with Crippen LogP contribution >= 0.6 is 0 Å². The maximum absolute atomic E-state index is 13.0. The van der Waals surface area contributed by atoms with Crippen LogP contribution in [0.3, 0.4) is 0 Å². The normalized spacial score (nSPS) is 24.0. The summed E-state index contributed by atoms with van der Waals surface area (Å²) in [5.41, 5.74) is 1.12. The number of aromatic nitrogens is 1. The number of nitrogens with one attached hydrogen (secondary N) is 2. The number of hydrogen-bond acceptors (Lipinski definition) is 3. The predicted octanol–water partition coefficient (Wildman–Crippen LogP) is 2.78. The van der Waals surface area contributed by atoms with Crippen molar-refractivity contribution in [1.82, 2.24) is 15.2 Å². The third-order valence-electron chi connectivity index (χ3n) is 7.67. The average Bonchev–Trinajstić information content (AvgIpc) is 3.49. The fourth-order valence-corrected chi connectivity index (χ4v) is 5.80. The van der Waals surface area contributed by atoms with E-state index in [1.54, 1.807) is 17.0 Å². The van der Waals surface area contributed by atoms with Crippen molar-refractivity contribution in [2.75, 3.05) is 13.6 Å². The van der Waals surface area contributed by atoms with Crippen molar-refractivity contribution in [1.29, 1.82) is 0 Å². The Labute approximate surface area is 187 Å². The number of pyridine rings is 1.